The summed E-state index contributed by atoms with van der Waals surface area (Å²) in [6, 6.07) is 0. The van der Waals surface area contributed by atoms with Crippen molar-refractivity contribution in [1.82, 2.24) is 0 Å². The number of ether oxygens (including phenoxy) is 4. The van der Waals surface area contributed by atoms with E-state index in [4.69, 9.17) is 18.9 Å². The first-order valence-electron chi connectivity index (χ1n) is 14.6. The lowest BCUT2D eigenvalue weighted by atomic mass is 9.92. The Morgan fingerprint density at radius 2 is 1.78 bits per heavy atom. The maximum absolute atomic E-state index is 11.7. The summed E-state index contributed by atoms with van der Waals surface area (Å²) in [7, 11) is 0. The van der Waals surface area contributed by atoms with Gasteiger partial charge in [0.15, 0.2) is 5.79 Å². The van der Waals surface area contributed by atoms with Gasteiger partial charge in [-0.2, -0.15) is 0 Å². The number of rotatable bonds is 16. The average Bonchev–Trinajstić information content (AvgIpc) is 3.16. The molecule has 0 amide bonds. The lowest BCUT2D eigenvalue weighted by Gasteiger charge is -2.41. The molecule has 6 unspecified atom stereocenters. The Hall–Kier alpha value is -1.70. The van der Waals surface area contributed by atoms with E-state index in [2.05, 4.69) is 19.1 Å². The van der Waals surface area contributed by atoms with Crippen LogP contribution in [0.2, 0.25) is 0 Å². The van der Waals surface area contributed by atoms with E-state index < -0.39 is 18.0 Å². The number of carbonyl (C=O) groups excluding carboxylic acids is 2. The minimum absolute atomic E-state index is 0.243. The van der Waals surface area contributed by atoms with Gasteiger partial charge in [0, 0.05) is 32.3 Å². The van der Waals surface area contributed by atoms with Gasteiger partial charge in [0.1, 0.15) is 18.3 Å². The van der Waals surface area contributed by atoms with Crippen molar-refractivity contribution in [2.24, 2.45) is 0 Å². The molecule has 2 saturated heterocycles. The summed E-state index contributed by atoms with van der Waals surface area (Å²) < 4.78 is 23.5. The minimum Gasteiger partial charge on any atom is -0.462 e. The van der Waals surface area contributed by atoms with Gasteiger partial charge in [-0.3, -0.25) is 4.79 Å². The molecule has 7 heteroatoms. The van der Waals surface area contributed by atoms with Crippen LogP contribution in [0.5, 0.6) is 0 Å². The fourth-order valence-electron chi connectivity index (χ4n) is 5.83. The van der Waals surface area contributed by atoms with Crippen molar-refractivity contribution in [2.75, 3.05) is 0 Å². The summed E-state index contributed by atoms with van der Waals surface area (Å²) in [6.45, 7) is 3.62. The lowest BCUT2D eigenvalue weighted by Crippen LogP contribution is -2.47. The summed E-state index contributed by atoms with van der Waals surface area (Å²) >= 11 is 0. The van der Waals surface area contributed by atoms with Crippen LogP contribution in [0.1, 0.15) is 117 Å². The number of unbranched alkanes of at least 4 members (excludes halogenated alkanes) is 9. The molecular formula is C30H48O7. The normalized spacial score (nSPS) is 30.0. The van der Waals surface area contributed by atoms with Crippen LogP contribution in [0, 0.1) is 0 Å². The zero-order valence-corrected chi connectivity index (χ0v) is 22.9. The van der Waals surface area contributed by atoms with Crippen molar-refractivity contribution < 1.29 is 33.6 Å². The SMILES string of the molecule is CC/C=C/CCCCCCCCCCCC(CC1CC(O)CC2(CC3OC(=O)C=CC3O2)O1)OC(C)=O. The van der Waals surface area contributed by atoms with E-state index in [9.17, 15) is 14.7 Å². The van der Waals surface area contributed by atoms with Crippen molar-refractivity contribution in [1.29, 1.82) is 0 Å². The molecule has 0 aromatic carbocycles. The molecule has 6 atom stereocenters. The third-order valence-corrected chi connectivity index (χ3v) is 7.54. The summed E-state index contributed by atoms with van der Waals surface area (Å²) in [4.78, 5) is 23.4. The summed E-state index contributed by atoms with van der Waals surface area (Å²) in [5.74, 6) is -1.64. The molecule has 0 aromatic rings. The first-order chi connectivity index (χ1) is 17.9. The number of carbonyl (C=O) groups is 2. The number of fused-ring (bicyclic) bond motifs is 1. The molecule has 1 N–H and O–H groups in total. The van der Waals surface area contributed by atoms with Crippen LogP contribution in [0.15, 0.2) is 24.3 Å². The molecule has 0 bridgehead atoms. The Morgan fingerprint density at radius 1 is 1.08 bits per heavy atom. The van der Waals surface area contributed by atoms with Crippen molar-refractivity contribution in [3.05, 3.63) is 24.3 Å². The number of aliphatic hydroxyl groups excluding tert-OH is 1. The van der Waals surface area contributed by atoms with E-state index >= 15 is 0 Å². The second-order valence-corrected chi connectivity index (χ2v) is 11.0. The number of hydrogen-bond donors (Lipinski definition) is 1. The fourth-order valence-corrected chi connectivity index (χ4v) is 5.83. The van der Waals surface area contributed by atoms with E-state index in [0.29, 0.717) is 25.7 Å². The molecular weight excluding hydrogens is 472 g/mol. The second kappa shape index (κ2) is 15.6. The van der Waals surface area contributed by atoms with Crippen LogP contribution >= 0.6 is 0 Å². The molecule has 0 radical (unpaired) electrons. The maximum atomic E-state index is 11.7. The van der Waals surface area contributed by atoms with Gasteiger partial charge in [-0.1, -0.05) is 64.0 Å². The molecule has 3 heterocycles. The van der Waals surface area contributed by atoms with Crippen LogP contribution < -0.4 is 0 Å². The third kappa shape index (κ3) is 10.5. The Balaban J connectivity index is 1.34. The monoisotopic (exact) mass is 520 g/mol. The van der Waals surface area contributed by atoms with Crippen molar-refractivity contribution in [3.63, 3.8) is 0 Å². The first kappa shape index (κ1) is 29.9. The first-order valence-corrected chi connectivity index (χ1v) is 14.6. The molecule has 7 nitrogen and oxygen atoms in total. The minimum atomic E-state index is -0.973. The van der Waals surface area contributed by atoms with E-state index in [1.165, 1.54) is 64.4 Å². The van der Waals surface area contributed by atoms with Gasteiger partial charge >= 0.3 is 11.9 Å². The number of hydrogen-bond acceptors (Lipinski definition) is 7. The van der Waals surface area contributed by atoms with Gasteiger partial charge in [0.2, 0.25) is 0 Å². The average molecular weight is 521 g/mol. The fraction of sp³-hybridized carbons (Fsp3) is 0.800. The molecule has 3 rings (SSSR count). The molecule has 1 spiro atoms. The predicted molar refractivity (Wildman–Crippen MR) is 142 cm³/mol. The largest absolute Gasteiger partial charge is 0.462 e. The number of aliphatic hydroxyl groups is 1. The molecule has 210 valence electrons. The topological polar surface area (TPSA) is 91.3 Å². The molecule has 0 saturated carbocycles. The van der Waals surface area contributed by atoms with Gasteiger partial charge in [0.05, 0.1) is 12.2 Å². The molecule has 0 aromatic heterocycles. The lowest BCUT2D eigenvalue weighted by molar-refractivity contribution is -0.285. The quantitative estimate of drug-likeness (QED) is 0.150. The summed E-state index contributed by atoms with van der Waals surface area (Å²) in [5.41, 5.74) is 0. The highest BCUT2D eigenvalue weighted by atomic mass is 16.7. The number of esters is 2. The van der Waals surface area contributed by atoms with Gasteiger partial charge < -0.3 is 24.1 Å². The summed E-state index contributed by atoms with van der Waals surface area (Å²) in [5, 5.41) is 10.6. The van der Waals surface area contributed by atoms with Gasteiger partial charge in [-0.25, -0.2) is 4.79 Å². The standard InChI is InChI=1S/C30H48O7/c1-3-4-5-6-7-8-9-10-11-12-13-14-15-16-25(34-23(2)31)20-26-19-24(32)21-30(36-26)22-28-27(37-30)17-18-29(33)35-28/h4-5,17-18,24-28,32H,3,6-16,19-22H2,1-2H3/b5-4+. The smallest absolute Gasteiger partial charge is 0.330 e. The Bertz CT molecular complexity index is 763. The van der Waals surface area contributed by atoms with Gasteiger partial charge in [-0.05, 0) is 44.6 Å². The highest BCUT2D eigenvalue weighted by molar-refractivity contribution is 5.83. The van der Waals surface area contributed by atoms with Gasteiger partial charge in [-0.15, -0.1) is 0 Å². The number of allylic oxidation sites excluding steroid dienone is 2. The van der Waals surface area contributed by atoms with Gasteiger partial charge in [0.25, 0.3) is 0 Å². The molecule has 37 heavy (non-hydrogen) atoms. The highest BCUT2D eigenvalue weighted by Crippen LogP contribution is 2.44. The molecule has 3 aliphatic rings. The molecule has 2 fully saturated rings. The predicted octanol–water partition coefficient (Wildman–Crippen LogP) is 6.07. The third-order valence-electron chi connectivity index (χ3n) is 7.54. The van der Waals surface area contributed by atoms with Crippen LogP contribution in [-0.2, 0) is 28.5 Å². The Labute approximate surface area is 222 Å². The summed E-state index contributed by atoms with van der Waals surface area (Å²) in [6.07, 6.45) is 21.8. The van der Waals surface area contributed by atoms with Crippen LogP contribution in [-0.4, -0.2) is 53.4 Å². The van der Waals surface area contributed by atoms with E-state index in [-0.39, 0.29) is 30.3 Å². The van der Waals surface area contributed by atoms with E-state index in [1.54, 1.807) is 6.08 Å². The highest BCUT2D eigenvalue weighted by Gasteiger charge is 2.53. The van der Waals surface area contributed by atoms with Crippen molar-refractivity contribution in [3.8, 4) is 0 Å². The second-order valence-electron chi connectivity index (χ2n) is 11.0. The van der Waals surface area contributed by atoms with E-state index in [1.807, 2.05) is 0 Å². The van der Waals surface area contributed by atoms with Crippen LogP contribution in [0.3, 0.4) is 0 Å². The van der Waals surface area contributed by atoms with Crippen LogP contribution in [0.4, 0.5) is 0 Å². The van der Waals surface area contributed by atoms with Crippen molar-refractivity contribution >= 4 is 11.9 Å². The Kier molecular flexibility index (Phi) is 12.6. The zero-order chi connectivity index (χ0) is 26.5. The molecule has 3 aliphatic heterocycles. The van der Waals surface area contributed by atoms with Crippen LogP contribution in [0.25, 0.3) is 0 Å². The van der Waals surface area contributed by atoms with Crippen molar-refractivity contribution in [2.45, 2.75) is 153 Å². The molecule has 0 aliphatic carbocycles. The maximum Gasteiger partial charge on any atom is 0.330 e. The van der Waals surface area contributed by atoms with E-state index in [0.717, 1.165) is 25.7 Å². The Morgan fingerprint density at radius 3 is 2.49 bits per heavy atom. The zero-order valence-electron chi connectivity index (χ0n) is 22.9.